The van der Waals surface area contributed by atoms with Crippen molar-refractivity contribution in [3.8, 4) is 0 Å². The second-order valence-electron chi connectivity index (χ2n) is 6.32. The van der Waals surface area contributed by atoms with E-state index in [9.17, 15) is 9.59 Å². The highest BCUT2D eigenvalue weighted by Gasteiger charge is 2.13. The molecule has 1 aromatic heterocycles. The highest BCUT2D eigenvalue weighted by Crippen LogP contribution is 2.23. The topological polar surface area (TPSA) is 83.1 Å². The van der Waals surface area contributed by atoms with Crippen molar-refractivity contribution in [3.05, 3.63) is 65.4 Å². The maximum Gasteiger partial charge on any atom is 0.318 e. The van der Waals surface area contributed by atoms with Gasteiger partial charge < -0.3 is 16.0 Å². The highest BCUT2D eigenvalue weighted by atomic mass is 16.2. The lowest BCUT2D eigenvalue weighted by molar-refractivity contribution is -0.115. The molecule has 0 bridgehead atoms. The normalized spacial score (nSPS) is 10.5. The number of nitrogens with one attached hydrogen (secondary N) is 3. The summed E-state index contributed by atoms with van der Waals surface area (Å²) >= 11 is 0. The lowest BCUT2D eigenvalue weighted by atomic mass is 9.99. The van der Waals surface area contributed by atoms with Crippen molar-refractivity contribution >= 4 is 34.2 Å². The molecule has 0 saturated heterocycles. The number of carbonyl (C=O) groups excluding carboxylic acids is 2. The molecule has 3 rings (SSSR count). The Kier molecular flexibility index (Phi) is 5.35. The molecule has 1 heterocycles. The number of hydrogen-bond acceptors (Lipinski definition) is 3. The minimum atomic E-state index is -0.290. The number of urea groups is 1. The highest BCUT2D eigenvalue weighted by molar-refractivity contribution is 5.94. The Labute approximate surface area is 158 Å². The smallest absolute Gasteiger partial charge is 0.318 e. The van der Waals surface area contributed by atoms with Crippen LogP contribution in [0.15, 0.2) is 48.5 Å². The number of carbonyl (C=O) groups is 2. The van der Waals surface area contributed by atoms with Crippen molar-refractivity contribution in [1.29, 1.82) is 0 Å². The van der Waals surface area contributed by atoms with Crippen LogP contribution in [0.25, 0.3) is 10.9 Å². The molecule has 0 saturated carbocycles. The average molecular weight is 362 g/mol. The zero-order valence-corrected chi connectivity index (χ0v) is 15.6. The summed E-state index contributed by atoms with van der Waals surface area (Å²) in [6.07, 6.45) is 0.258. The lowest BCUT2D eigenvalue weighted by Crippen LogP contribution is -2.24. The van der Waals surface area contributed by atoms with Crippen molar-refractivity contribution in [2.75, 3.05) is 17.7 Å². The second kappa shape index (κ2) is 7.86. The van der Waals surface area contributed by atoms with E-state index in [-0.39, 0.29) is 18.4 Å². The predicted octanol–water partition coefficient (Wildman–Crippen LogP) is 3.78. The average Bonchev–Trinajstić information content (AvgIpc) is 2.66. The van der Waals surface area contributed by atoms with Crippen LogP contribution in [0, 0.1) is 13.8 Å². The third-order valence-corrected chi connectivity index (χ3v) is 4.48. The van der Waals surface area contributed by atoms with E-state index in [0.29, 0.717) is 11.4 Å². The third-order valence-electron chi connectivity index (χ3n) is 4.48. The number of aromatic nitrogens is 1. The first-order valence-electron chi connectivity index (χ1n) is 8.71. The third kappa shape index (κ3) is 4.23. The first kappa shape index (κ1) is 18.4. The summed E-state index contributed by atoms with van der Waals surface area (Å²) in [5.41, 5.74) is 5.16. The second-order valence-corrected chi connectivity index (χ2v) is 6.32. The Morgan fingerprint density at radius 2 is 1.56 bits per heavy atom. The number of aryl methyl sites for hydroxylation is 2. The van der Waals surface area contributed by atoms with Crippen LogP contribution in [0.5, 0.6) is 0 Å². The van der Waals surface area contributed by atoms with Gasteiger partial charge in [-0.05, 0) is 55.3 Å². The molecular weight excluding hydrogens is 340 g/mol. The van der Waals surface area contributed by atoms with Gasteiger partial charge >= 0.3 is 6.03 Å². The van der Waals surface area contributed by atoms with Crippen molar-refractivity contribution in [2.24, 2.45) is 0 Å². The fourth-order valence-electron chi connectivity index (χ4n) is 3.03. The van der Waals surface area contributed by atoms with E-state index in [1.165, 1.54) is 0 Å². The fourth-order valence-corrected chi connectivity index (χ4v) is 3.03. The van der Waals surface area contributed by atoms with Gasteiger partial charge in [-0.25, -0.2) is 4.79 Å². The molecule has 3 aromatic rings. The van der Waals surface area contributed by atoms with E-state index in [0.717, 1.165) is 27.7 Å². The number of para-hydroxylation sites is 1. The number of nitrogens with zero attached hydrogens (tertiary/aromatic N) is 1. The summed E-state index contributed by atoms with van der Waals surface area (Å²) in [7, 11) is 1.55. The number of benzene rings is 2. The van der Waals surface area contributed by atoms with Gasteiger partial charge in [0.05, 0.1) is 11.9 Å². The number of fused-ring (bicyclic) bond motifs is 1. The number of hydrogen-bond donors (Lipinski definition) is 3. The van der Waals surface area contributed by atoms with E-state index in [1.807, 2.05) is 38.1 Å². The van der Waals surface area contributed by atoms with Gasteiger partial charge in [-0.1, -0.05) is 18.2 Å². The van der Waals surface area contributed by atoms with Crippen LogP contribution in [0.1, 0.15) is 16.8 Å². The molecule has 3 N–H and O–H groups in total. The Bertz CT molecular complexity index is 997. The number of anilines is 2. The zero-order valence-electron chi connectivity index (χ0n) is 15.6. The standard InChI is InChI=1S/C21H22N4O2/c1-13-17-6-4-5-7-19(17)23-14(2)18(13)12-20(26)24-15-8-10-16(11-9-15)25-21(27)22-3/h4-11H,12H2,1-3H3,(H,24,26)(H2,22,25,27). The van der Waals surface area contributed by atoms with Gasteiger partial charge in [-0.15, -0.1) is 0 Å². The van der Waals surface area contributed by atoms with E-state index in [2.05, 4.69) is 20.9 Å². The van der Waals surface area contributed by atoms with Crippen LogP contribution >= 0.6 is 0 Å². The molecule has 6 heteroatoms. The van der Waals surface area contributed by atoms with Crippen molar-refractivity contribution in [3.63, 3.8) is 0 Å². The molecule has 0 atom stereocenters. The van der Waals surface area contributed by atoms with Gasteiger partial charge in [0.25, 0.3) is 0 Å². The summed E-state index contributed by atoms with van der Waals surface area (Å²) in [6, 6.07) is 14.6. The van der Waals surface area contributed by atoms with Gasteiger partial charge in [-0.2, -0.15) is 0 Å². The number of amides is 3. The van der Waals surface area contributed by atoms with Crippen LogP contribution in [-0.2, 0) is 11.2 Å². The molecule has 6 nitrogen and oxygen atoms in total. The largest absolute Gasteiger partial charge is 0.341 e. The lowest BCUT2D eigenvalue weighted by Gasteiger charge is -2.13. The molecule has 0 aliphatic carbocycles. The molecule has 2 aromatic carbocycles. The molecule has 138 valence electrons. The van der Waals surface area contributed by atoms with Gasteiger partial charge in [0.15, 0.2) is 0 Å². The van der Waals surface area contributed by atoms with E-state index in [1.54, 1.807) is 31.3 Å². The van der Waals surface area contributed by atoms with Gasteiger partial charge in [0, 0.05) is 29.5 Å². The molecule has 3 amide bonds. The fraction of sp³-hybridized carbons (Fsp3) is 0.190. The van der Waals surface area contributed by atoms with Gasteiger partial charge in [-0.3, -0.25) is 9.78 Å². The van der Waals surface area contributed by atoms with Gasteiger partial charge in [0.2, 0.25) is 5.91 Å². The Morgan fingerprint density at radius 1 is 0.926 bits per heavy atom. The zero-order chi connectivity index (χ0) is 19.4. The minimum Gasteiger partial charge on any atom is -0.341 e. The first-order chi connectivity index (χ1) is 13.0. The number of rotatable bonds is 4. The van der Waals surface area contributed by atoms with Crippen LogP contribution < -0.4 is 16.0 Å². The quantitative estimate of drug-likeness (QED) is 0.660. The molecule has 27 heavy (non-hydrogen) atoms. The molecule has 0 aliphatic heterocycles. The molecule has 0 radical (unpaired) electrons. The van der Waals surface area contributed by atoms with Crippen molar-refractivity contribution < 1.29 is 9.59 Å². The SMILES string of the molecule is CNC(=O)Nc1ccc(NC(=O)Cc2c(C)nc3ccccc3c2C)cc1. The Morgan fingerprint density at radius 3 is 2.22 bits per heavy atom. The van der Waals surface area contributed by atoms with E-state index >= 15 is 0 Å². The summed E-state index contributed by atoms with van der Waals surface area (Å²) in [6.45, 7) is 3.96. The Balaban J connectivity index is 1.73. The molecule has 0 spiro atoms. The van der Waals surface area contributed by atoms with Crippen molar-refractivity contribution in [2.45, 2.75) is 20.3 Å². The summed E-state index contributed by atoms with van der Waals surface area (Å²) in [4.78, 5) is 28.4. The van der Waals surface area contributed by atoms with Gasteiger partial charge in [0.1, 0.15) is 0 Å². The molecule has 0 aliphatic rings. The van der Waals surface area contributed by atoms with Crippen LogP contribution in [0.2, 0.25) is 0 Å². The first-order valence-corrected chi connectivity index (χ1v) is 8.71. The minimum absolute atomic E-state index is 0.106. The van der Waals surface area contributed by atoms with Crippen molar-refractivity contribution in [1.82, 2.24) is 10.3 Å². The maximum absolute atomic E-state index is 12.5. The van der Waals surface area contributed by atoms with Crippen LogP contribution in [-0.4, -0.2) is 24.0 Å². The summed E-state index contributed by atoms with van der Waals surface area (Å²) in [5, 5.41) is 9.12. The summed E-state index contributed by atoms with van der Waals surface area (Å²) in [5.74, 6) is -0.106. The van der Waals surface area contributed by atoms with Crippen LogP contribution in [0.4, 0.5) is 16.2 Å². The van der Waals surface area contributed by atoms with Crippen LogP contribution in [0.3, 0.4) is 0 Å². The molecule has 0 fully saturated rings. The Hall–Kier alpha value is -3.41. The number of pyridine rings is 1. The van der Waals surface area contributed by atoms with E-state index < -0.39 is 0 Å². The monoisotopic (exact) mass is 362 g/mol. The van der Waals surface area contributed by atoms with E-state index in [4.69, 9.17) is 0 Å². The maximum atomic E-state index is 12.5. The molecular formula is C21H22N4O2. The summed E-state index contributed by atoms with van der Waals surface area (Å²) < 4.78 is 0. The predicted molar refractivity (Wildman–Crippen MR) is 108 cm³/mol. The molecule has 0 unspecified atom stereocenters.